The Morgan fingerprint density at radius 2 is 1.52 bits per heavy atom. The predicted octanol–water partition coefficient (Wildman–Crippen LogP) is 4.66. The number of hydrogen-bond donors (Lipinski definition) is 3. The molecule has 9 nitrogen and oxygen atoms in total. The first-order valence-electron chi connectivity index (χ1n) is 9.17. The van der Waals surface area contributed by atoms with Gasteiger partial charge in [-0.05, 0) is 49.2 Å². The van der Waals surface area contributed by atoms with Crippen molar-refractivity contribution >= 4 is 38.8 Å². The SMILES string of the molecule is Cc1ccc(NC(=O)Nc2ccccc2)cc1NS(=O)(=O)c1cc([N+](=O)[O-])ccc1C. The molecule has 10 heteroatoms. The molecule has 0 heterocycles. The monoisotopic (exact) mass is 440 g/mol. The van der Waals surface area contributed by atoms with Gasteiger partial charge in [0.1, 0.15) is 0 Å². The quantitative estimate of drug-likeness (QED) is 0.379. The minimum Gasteiger partial charge on any atom is -0.308 e. The number of benzene rings is 3. The van der Waals surface area contributed by atoms with Crippen molar-refractivity contribution in [2.24, 2.45) is 0 Å². The fraction of sp³-hybridized carbons (Fsp3) is 0.0952. The first kappa shape index (κ1) is 21.8. The molecule has 0 radical (unpaired) electrons. The predicted molar refractivity (Wildman–Crippen MR) is 119 cm³/mol. The van der Waals surface area contributed by atoms with Gasteiger partial charge in [0.2, 0.25) is 0 Å². The van der Waals surface area contributed by atoms with Crippen molar-refractivity contribution in [2.45, 2.75) is 18.7 Å². The summed E-state index contributed by atoms with van der Waals surface area (Å²) in [5, 5.41) is 16.3. The fourth-order valence-corrected chi connectivity index (χ4v) is 4.20. The van der Waals surface area contributed by atoms with E-state index in [1.165, 1.54) is 18.2 Å². The molecule has 0 aliphatic heterocycles. The summed E-state index contributed by atoms with van der Waals surface area (Å²) in [6.45, 7) is 3.25. The number of sulfonamides is 1. The van der Waals surface area contributed by atoms with Crippen LogP contribution in [0.2, 0.25) is 0 Å². The van der Waals surface area contributed by atoms with Gasteiger partial charge >= 0.3 is 6.03 Å². The Bertz CT molecular complexity index is 1240. The molecule has 0 spiro atoms. The zero-order valence-electron chi connectivity index (χ0n) is 16.7. The van der Waals surface area contributed by atoms with Gasteiger partial charge in [0.15, 0.2) is 0 Å². The summed E-state index contributed by atoms with van der Waals surface area (Å²) in [5.74, 6) is 0. The third-order valence-electron chi connectivity index (χ3n) is 4.44. The number of rotatable bonds is 6. The van der Waals surface area contributed by atoms with E-state index in [0.717, 1.165) is 6.07 Å². The summed E-state index contributed by atoms with van der Waals surface area (Å²) >= 11 is 0. The highest BCUT2D eigenvalue weighted by Crippen LogP contribution is 2.27. The van der Waals surface area contributed by atoms with Gasteiger partial charge in [-0.2, -0.15) is 0 Å². The Labute approximate surface area is 179 Å². The first-order valence-corrected chi connectivity index (χ1v) is 10.7. The van der Waals surface area contributed by atoms with Crippen molar-refractivity contribution in [1.82, 2.24) is 0 Å². The van der Waals surface area contributed by atoms with Gasteiger partial charge in [0.25, 0.3) is 15.7 Å². The summed E-state index contributed by atoms with van der Waals surface area (Å²) in [6, 6.07) is 16.8. The molecule has 0 unspecified atom stereocenters. The topological polar surface area (TPSA) is 130 Å². The summed E-state index contributed by atoms with van der Waals surface area (Å²) < 4.78 is 28.2. The van der Waals surface area contributed by atoms with Crippen LogP contribution in [0.3, 0.4) is 0 Å². The van der Waals surface area contributed by atoms with Crippen LogP contribution in [0, 0.1) is 24.0 Å². The van der Waals surface area contributed by atoms with Crippen LogP contribution in [0.15, 0.2) is 71.6 Å². The van der Waals surface area contributed by atoms with Crippen molar-refractivity contribution in [2.75, 3.05) is 15.4 Å². The lowest BCUT2D eigenvalue weighted by atomic mass is 10.2. The van der Waals surface area contributed by atoms with E-state index in [9.17, 15) is 23.3 Å². The second-order valence-corrected chi connectivity index (χ2v) is 8.44. The summed E-state index contributed by atoms with van der Waals surface area (Å²) in [4.78, 5) is 22.4. The third kappa shape index (κ3) is 5.37. The molecule has 0 fully saturated rings. The maximum atomic E-state index is 12.9. The number of nitro groups is 1. The highest BCUT2D eigenvalue weighted by molar-refractivity contribution is 7.92. The van der Waals surface area contributed by atoms with Crippen LogP contribution in [0.1, 0.15) is 11.1 Å². The van der Waals surface area contributed by atoms with Gasteiger partial charge in [-0.25, -0.2) is 13.2 Å². The number of non-ortho nitro benzene ring substituents is 1. The molecule has 31 heavy (non-hydrogen) atoms. The van der Waals surface area contributed by atoms with E-state index in [4.69, 9.17) is 0 Å². The van der Waals surface area contributed by atoms with Gasteiger partial charge < -0.3 is 10.6 Å². The molecule has 0 aliphatic rings. The Morgan fingerprint density at radius 1 is 0.871 bits per heavy atom. The number of hydrogen-bond acceptors (Lipinski definition) is 5. The van der Waals surface area contributed by atoms with Crippen LogP contribution >= 0.6 is 0 Å². The van der Waals surface area contributed by atoms with Crippen molar-refractivity contribution in [1.29, 1.82) is 0 Å². The number of anilines is 3. The average molecular weight is 440 g/mol. The van der Waals surface area contributed by atoms with Gasteiger partial charge in [-0.3, -0.25) is 14.8 Å². The second kappa shape index (κ2) is 8.84. The molecule has 2 amide bonds. The largest absolute Gasteiger partial charge is 0.323 e. The van der Waals surface area contributed by atoms with E-state index < -0.39 is 21.0 Å². The zero-order valence-corrected chi connectivity index (χ0v) is 17.6. The molecule has 0 aromatic heterocycles. The average Bonchev–Trinajstić information content (AvgIpc) is 2.71. The number of nitro benzene ring substituents is 1. The van der Waals surface area contributed by atoms with E-state index in [2.05, 4.69) is 15.4 Å². The minimum atomic E-state index is -4.10. The van der Waals surface area contributed by atoms with E-state index in [1.807, 2.05) is 6.07 Å². The molecule has 3 aromatic carbocycles. The second-order valence-electron chi connectivity index (χ2n) is 6.79. The number of urea groups is 1. The van der Waals surface area contributed by atoms with E-state index >= 15 is 0 Å². The van der Waals surface area contributed by atoms with Crippen molar-refractivity contribution in [3.63, 3.8) is 0 Å². The number of amides is 2. The van der Waals surface area contributed by atoms with Gasteiger partial charge in [0.05, 0.1) is 15.5 Å². The fourth-order valence-electron chi connectivity index (χ4n) is 2.82. The maximum Gasteiger partial charge on any atom is 0.323 e. The molecular formula is C21H20N4O5S. The highest BCUT2D eigenvalue weighted by Gasteiger charge is 2.21. The summed E-state index contributed by atoms with van der Waals surface area (Å²) in [7, 11) is -4.10. The van der Waals surface area contributed by atoms with Crippen LogP contribution in [0.25, 0.3) is 0 Å². The highest BCUT2D eigenvalue weighted by atomic mass is 32.2. The molecule has 3 rings (SSSR count). The smallest absolute Gasteiger partial charge is 0.308 e. The summed E-state index contributed by atoms with van der Waals surface area (Å²) in [6.07, 6.45) is 0. The number of carbonyl (C=O) groups excluding carboxylic acids is 1. The number of para-hydroxylation sites is 1. The van der Waals surface area contributed by atoms with Gasteiger partial charge in [-0.1, -0.05) is 30.3 Å². The molecule has 0 saturated heterocycles. The number of nitrogens with zero attached hydrogens (tertiary/aromatic N) is 1. The van der Waals surface area contributed by atoms with Crippen LogP contribution in [-0.4, -0.2) is 19.4 Å². The Hall–Kier alpha value is -3.92. The van der Waals surface area contributed by atoms with Gasteiger partial charge in [-0.15, -0.1) is 0 Å². The lowest BCUT2D eigenvalue weighted by Crippen LogP contribution is -2.20. The maximum absolute atomic E-state index is 12.9. The zero-order chi connectivity index (χ0) is 22.6. The first-order chi connectivity index (χ1) is 14.7. The molecular weight excluding hydrogens is 420 g/mol. The number of nitrogens with one attached hydrogen (secondary N) is 3. The number of carbonyl (C=O) groups is 1. The third-order valence-corrected chi connectivity index (χ3v) is 5.95. The standard InChI is InChI=1S/C21H20N4O5S/c1-14-8-10-17(23-21(26)22-16-6-4-3-5-7-16)12-19(14)24-31(29,30)20-13-18(25(27)28)11-9-15(20)2/h3-13,24H,1-2H3,(H2,22,23,26). The molecule has 3 aromatic rings. The van der Waals surface area contributed by atoms with E-state index in [1.54, 1.807) is 50.2 Å². The van der Waals surface area contributed by atoms with Gasteiger partial charge in [0, 0.05) is 23.5 Å². The van der Waals surface area contributed by atoms with Crippen molar-refractivity contribution < 1.29 is 18.1 Å². The molecule has 3 N–H and O–H groups in total. The lowest BCUT2D eigenvalue weighted by molar-refractivity contribution is -0.385. The molecule has 0 bridgehead atoms. The molecule has 160 valence electrons. The Morgan fingerprint density at radius 3 is 2.19 bits per heavy atom. The Kier molecular flexibility index (Phi) is 6.21. The van der Waals surface area contributed by atoms with Crippen LogP contribution in [0.4, 0.5) is 27.5 Å². The van der Waals surface area contributed by atoms with E-state index in [-0.39, 0.29) is 16.3 Å². The van der Waals surface area contributed by atoms with Crippen LogP contribution < -0.4 is 15.4 Å². The summed E-state index contributed by atoms with van der Waals surface area (Å²) in [5.41, 5.74) is 1.87. The van der Waals surface area contributed by atoms with Crippen LogP contribution in [0.5, 0.6) is 0 Å². The normalized spacial score (nSPS) is 10.9. The minimum absolute atomic E-state index is 0.193. The molecule has 0 saturated carbocycles. The van der Waals surface area contributed by atoms with Crippen molar-refractivity contribution in [3.05, 3.63) is 88.0 Å². The molecule has 0 atom stereocenters. The lowest BCUT2D eigenvalue weighted by Gasteiger charge is -2.14. The van der Waals surface area contributed by atoms with Crippen molar-refractivity contribution in [3.8, 4) is 0 Å². The van der Waals surface area contributed by atoms with E-state index in [0.29, 0.717) is 22.5 Å². The Balaban J connectivity index is 1.83. The van der Waals surface area contributed by atoms with Crippen LogP contribution in [-0.2, 0) is 10.0 Å². The molecule has 0 aliphatic carbocycles. The number of aryl methyl sites for hydroxylation is 2.